The van der Waals surface area contributed by atoms with Gasteiger partial charge in [-0.05, 0) is 43.2 Å². The van der Waals surface area contributed by atoms with Gasteiger partial charge in [0.25, 0.3) is 15.9 Å². The number of nitrogens with one attached hydrogen (secondary N) is 1. The molecule has 9 heteroatoms. The second kappa shape index (κ2) is 8.22. The molecule has 0 aromatic heterocycles. The van der Waals surface area contributed by atoms with E-state index in [2.05, 4.69) is 4.72 Å². The van der Waals surface area contributed by atoms with Gasteiger partial charge in [0.05, 0.1) is 22.6 Å². The summed E-state index contributed by atoms with van der Waals surface area (Å²) in [5, 5.41) is 0. The van der Waals surface area contributed by atoms with Crippen molar-refractivity contribution in [3.8, 4) is 0 Å². The first kappa shape index (κ1) is 21.7. The number of aryl methyl sites for hydroxylation is 2. The molecule has 0 aliphatic rings. The van der Waals surface area contributed by atoms with Gasteiger partial charge in [0.15, 0.2) is 0 Å². The molecule has 2 aromatic carbocycles. The summed E-state index contributed by atoms with van der Waals surface area (Å²) >= 11 is 0. The van der Waals surface area contributed by atoms with E-state index in [1.165, 1.54) is 37.4 Å². The summed E-state index contributed by atoms with van der Waals surface area (Å²) in [5.41, 5.74) is 1.26. The molecule has 0 heterocycles. The average molecular weight is 414 g/mol. The van der Waals surface area contributed by atoms with E-state index in [9.17, 15) is 26.4 Å². The third-order valence-electron chi connectivity index (χ3n) is 4.11. The van der Waals surface area contributed by atoms with Crippen LogP contribution in [0, 0.1) is 13.8 Å². The van der Waals surface area contributed by atoms with Gasteiger partial charge in [-0.1, -0.05) is 24.3 Å². The topological polar surface area (TPSA) is 66.5 Å². The molecule has 5 nitrogen and oxygen atoms in total. The SMILES string of the molecule is Cc1ccc(C)c(S(=O)(=O)Nc2ccccc2C(=O)N(C)CCC(F)(F)F)c1. The van der Waals surface area contributed by atoms with Crippen LogP contribution in [-0.4, -0.2) is 39.0 Å². The fraction of sp³-hybridized carbons (Fsp3) is 0.316. The lowest BCUT2D eigenvalue weighted by atomic mass is 10.1. The van der Waals surface area contributed by atoms with Crippen LogP contribution in [0.25, 0.3) is 0 Å². The van der Waals surface area contributed by atoms with Crippen LogP contribution in [0.3, 0.4) is 0 Å². The molecular weight excluding hydrogens is 393 g/mol. The largest absolute Gasteiger partial charge is 0.390 e. The van der Waals surface area contributed by atoms with E-state index < -0.39 is 35.1 Å². The zero-order valence-electron chi connectivity index (χ0n) is 15.7. The summed E-state index contributed by atoms with van der Waals surface area (Å²) in [5.74, 6) is -0.705. The number of carbonyl (C=O) groups excluding carboxylic acids is 1. The minimum atomic E-state index is -4.39. The zero-order valence-corrected chi connectivity index (χ0v) is 16.5. The molecule has 152 valence electrons. The van der Waals surface area contributed by atoms with Gasteiger partial charge in [0.1, 0.15) is 0 Å². The molecule has 0 aliphatic carbocycles. The number of amides is 1. The monoisotopic (exact) mass is 414 g/mol. The van der Waals surface area contributed by atoms with Crippen molar-refractivity contribution in [2.24, 2.45) is 0 Å². The van der Waals surface area contributed by atoms with E-state index in [-0.39, 0.29) is 16.1 Å². The first-order valence-corrected chi connectivity index (χ1v) is 9.90. The Balaban J connectivity index is 2.31. The lowest BCUT2D eigenvalue weighted by Gasteiger charge is -2.20. The van der Waals surface area contributed by atoms with Crippen LogP contribution < -0.4 is 4.72 Å². The lowest BCUT2D eigenvalue weighted by Crippen LogP contribution is -2.31. The Morgan fingerprint density at radius 3 is 2.39 bits per heavy atom. The van der Waals surface area contributed by atoms with E-state index in [1.807, 2.05) is 0 Å². The van der Waals surface area contributed by atoms with E-state index in [0.29, 0.717) is 5.56 Å². The lowest BCUT2D eigenvalue weighted by molar-refractivity contribution is -0.136. The molecule has 0 atom stereocenters. The van der Waals surface area contributed by atoms with Gasteiger partial charge in [-0.3, -0.25) is 9.52 Å². The van der Waals surface area contributed by atoms with Gasteiger partial charge >= 0.3 is 6.18 Å². The molecule has 0 saturated heterocycles. The second-order valence-electron chi connectivity index (χ2n) is 6.51. The van der Waals surface area contributed by atoms with E-state index in [1.54, 1.807) is 26.0 Å². The maximum Gasteiger partial charge on any atom is 0.390 e. The van der Waals surface area contributed by atoms with E-state index in [0.717, 1.165) is 10.5 Å². The smallest absolute Gasteiger partial charge is 0.341 e. The molecule has 0 unspecified atom stereocenters. The number of benzene rings is 2. The van der Waals surface area contributed by atoms with Crippen molar-refractivity contribution in [2.45, 2.75) is 31.3 Å². The third-order valence-corrected chi connectivity index (χ3v) is 5.62. The molecule has 1 N–H and O–H groups in total. The van der Waals surface area contributed by atoms with Crippen molar-refractivity contribution in [3.63, 3.8) is 0 Å². The van der Waals surface area contributed by atoms with Gasteiger partial charge in [0, 0.05) is 13.6 Å². The van der Waals surface area contributed by atoms with Crippen molar-refractivity contribution in [1.82, 2.24) is 4.90 Å². The summed E-state index contributed by atoms with van der Waals surface area (Å²) in [7, 11) is -2.74. The number of hydrogen-bond acceptors (Lipinski definition) is 3. The molecule has 2 rings (SSSR count). The number of anilines is 1. The summed E-state index contributed by atoms with van der Waals surface area (Å²) in [4.78, 5) is 13.5. The maximum absolute atomic E-state index is 12.8. The highest BCUT2D eigenvalue weighted by Crippen LogP contribution is 2.25. The molecular formula is C19H21F3N2O3S. The van der Waals surface area contributed by atoms with Gasteiger partial charge in [-0.25, -0.2) is 8.42 Å². The Labute approximate surface area is 162 Å². The number of alkyl halides is 3. The maximum atomic E-state index is 12.8. The van der Waals surface area contributed by atoms with Crippen molar-refractivity contribution in [2.75, 3.05) is 18.3 Å². The summed E-state index contributed by atoms with van der Waals surface area (Å²) < 4.78 is 65.2. The molecule has 0 spiro atoms. The number of nitrogens with zero attached hydrogens (tertiary/aromatic N) is 1. The van der Waals surface area contributed by atoms with Gasteiger partial charge < -0.3 is 4.90 Å². The molecule has 2 aromatic rings. The highest BCUT2D eigenvalue weighted by molar-refractivity contribution is 7.92. The fourth-order valence-corrected chi connectivity index (χ4v) is 3.97. The fourth-order valence-electron chi connectivity index (χ4n) is 2.56. The van der Waals surface area contributed by atoms with Crippen LogP contribution in [0.4, 0.5) is 18.9 Å². The Morgan fingerprint density at radius 2 is 1.75 bits per heavy atom. The first-order valence-electron chi connectivity index (χ1n) is 8.42. The van der Waals surface area contributed by atoms with Crippen LogP contribution >= 0.6 is 0 Å². The number of halogens is 3. The molecule has 0 saturated carbocycles. The van der Waals surface area contributed by atoms with E-state index in [4.69, 9.17) is 0 Å². The van der Waals surface area contributed by atoms with Gasteiger partial charge in [-0.15, -0.1) is 0 Å². The predicted molar refractivity (Wildman–Crippen MR) is 101 cm³/mol. The van der Waals surface area contributed by atoms with Crippen molar-refractivity contribution < 1.29 is 26.4 Å². The van der Waals surface area contributed by atoms with Crippen molar-refractivity contribution in [1.29, 1.82) is 0 Å². The average Bonchev–Trinajstić information content (AvgIpc) is 2.60. The Hall–Kier alpha value is -2.55. The minimum Gasteiger partial charge on any atom is -0.341 e. The van der Waals surface area contributed by atoms with Crippen molar-refractivity contribution in [3.05, 3.63) is 59.2 Å². The molecule has 0 bridgehead atoms. The first-order chi connectivity index (χ1) is 12.9. The van der Waals surface area contributed by atoms with E-state index >= 15 is 0 Å². The predicted octanol–water partition coefficient (Wildman–Crippen LogP) is 4.13. The Morgan fingerprint density at radius 1 is 1.11 bits per heavy atom. The molecule has 0 radical (unpaired) electrons. The number of rotatable bonds is 6. The van der Waals surface area contributed by atoms with Crippen LogP contribution in [0.5, 0.6) is 0 Å². The number of hydrogen-bond donors (Lipinski definition) is 1. The molecule has 28 heavy (non-hydrogen) atoms. The van der Waals surface area contributed by atoms with Crippen LogP contribution in [0.2, 0.25) is 0 Å². The molecule has 1 amide bonds. The highest BCUT2D eigenvalue weighted by atomic mass is 32.2. The van der Waals surface area contributed by atoms with Gasteiger partial charge in [-0.2, -0.15) is 13.2 Å². The zero-order chi connectivity index (χ0) is 21.1. The number of carbonyl (C=O) groups is 1. The second-order valence-corrected chi connectivity index (χ2v) is 8.16. The van der Waals surface area contributed by atoms with Gasteiger partial charge in [0.2, 0.25) is 0 Å². The normalized spacial score (nSPS) is 11.9. The standard InChI is InChI=1S/C19H21F3N2O3S/c1-13-8-9-14(2)17(12-13)28(26,27)23-16-7-5-4-6-15(16)18(25)24(3)11-10-19(20,21)22/h4-9,12,23H,10-11H2,1-3H3. The summed E-state index contributed by atoms with van der Waals surface area (Å²) in [6.07, 6.45) is -5.54. The quantitative estimate of drug-likeness (QED) is 0.773. The molecule has 0 aliphatic heterocycles. The summed E-state index contributed by atoms with van der Waals surface area (Å²) in [6, 6.07) is 10.8. The number of sulfonamides is 1. The highest BCUT2D eigenvalue weighted by Gasteiger charge is 2.29. The van der Waals surface area contributed by atoms with Crippen molar-refractivity contribution >= 4 is 21.6 Å². The Kier molecular flexibility index (Phi) is 6.38. The Bertz CT molecular complexity index is 973. The minimum absolute atomic E-state index is 0.00673. The molecule has 0 fully saturated rings. The van der Waals surface area contributed by atoms with Crippen LogP contribution in [-0.2, 0) is 10.0 Å². The third kappa shape index (κ3) is 5.48. The summed E-state index contributed by atoms with van der Waals surface area (Å²) in [6.45, 7) is 2.88. The van der Waals surface area contributed by atoms with Crippen LogP contribution in [0.15, 0.2) is 47.4 Å². The number of para-hydroxylation sites is 1. The van der Waals surface area contributed by atoms with Crippen LogP contribution in [0.1, 0.15) is 27.9 Å².